The van der Waals surface area contributed by atoms with Crippen LogP contribution in [0.4, 0.5) is 0 Å². The van der Waals surface area contributed by atoms with Crippen molar-refractivity contribution in [3.63, 3.8) is 0 Å². The maximum Gasteiger partial charge on any atom is 0.191 e. The van der Waals surface area contributed by atoms with Gasteiger partial charge < -0.3 is 10.6 Å². The number of rotatable bonds is 7. The van der Waals surface area contributed by atoms with E-state index in [0.29, 0.717) is 18.3 Å². The monoisotopic (exact) mass is 475 g/mol. The first-order chi connectivity index (χ1) is 10.4. The molecule has 1 fully saturated rings. The normalized spacial score (nSPS) is 23.3. The van der Waals surface area contributed by atoms with Gasteiger partial charge in [-0.1, -0.05) is 6.92 Å². The van der Waals surface area contributed by atoms with Crippen LogP contribution in [-0.4, -0.2) is 50.8 Å². The number of guanidine groups is 1. The summed E-state index contributed by atoms with van der Waals surface area (Å²) >= 11 is 2.07. The first-order valence-electron chi connectivity index (χ1n) is 8.41. The Morgan fingerprint density at radius 3 is 2.57 bits per heavy atom. The molecule has 1 rings (SSSR count). The molecule has 1 saturated carbocycles. The first kappa shape index (κ1) is 23.5. The van der Waals surface area contributed by atoms with Crippen LogP contribution < -0.4 is 10.6 Å². The van der Waals surface area contributed by atoms with Gasteiger partial charge in [0.1, 0.15) is 0 Å². The van der Waals surface area contributed by atoms with Gasteiger partial charge in [0.15, 0.2) is 5.96 Å². The summed E-state index contributed by atoms with van der Waals surface area (Å²) < 4.78 is 11.9. The molecule has 23 heavy (non-hydrogen) atoms. The van der Waals surface area contributed by atoms with E-state index in [1.54, 1.807) is 0 Å². The minimum atomic E-state index is -0.836. The molecule has 0 heterocycles. The van der Waals surface area contributed by atoms with Crippen molar-refractivity contribution in [2.24, 2.45) is 4.99 Å². The molecule has 0 bridgehead atoms. The van der Waals surface area contributed by atoms with Crippen molar-refractivity contribution in [2.45, 2.75) is 69.9 Å². The van der Waals surface area contributed by atoms with Crippen molar-refractivity contribution in [3.8, 4) is 0 Å². The van der Waals surface area contributed by atoms with Gasteiger partial charge in [-0.25, -0.2) is 0 Å². The van der Waals surface area contributed by atoms with Gasteiger partial charge in [-0.2, -0.15) is 11.8 Å². The topological polar surface area (TPSA) is 53.5 Å². The molecule has 3 unspecified atom stereocenters. The predicted molar refractivity (Wildman–Crippen MR) is 117 cm³/mol. The third-order valence-electron chi connectivity index (χ3n) is 3.70. The van der Waals surface area contributed by atoms with Crippen LogP contribution in [0.25, 0.3) is 0 Å². The Labute approximate surface area is 166 Å². The van der Waals surface area contributed by atoms with E-state index in [1.165, 1.54) is 25.0 Å². The second kappa shape index (κ2) is 12.0. The number of hydrogen-bond donors (Lipinski definition) is 2. The lowest BCUT2D eigenvalue weighted by Crippen LogP contribution is -2.43. The lowest BCUT2D eigenvalue weighted by atomic mass is 10.2. The number of nitrogens with one attached hydrogen (secondary N) is 2. The highest BCUT2D eigenvalue weighted by molar-refractivity contribution is 14.0. The third-order valence-corrected chi connectivity index (χ3v) is 6.85. The Balaban J connectivity index is 0.00000484. The second-order valence-corrected chi connectivity index (χ2v) is 10.6. The molecule has 1 aliphatic carbocycles. The number of aliphatic imine (C=N–C) groups is 1. The standard InChI is InChI=1S/C16H33N3OS2.HI/c1-6-17-15(18-10-11-22(20)16(3,4)5)19-13-8-9-14(12-13)21-7-2;/h13-14H,6-12H2,1-5H3,(H2,17,18,19);1H. The van der Waals surface area contributed by atoms with Crippen molar-refractivity contribution in [1.29, 1.82) is 0 Å². The molecule has 0 saturated heterocycles. The zero-order valence-corrected chi connectivity index (χ0v) is 19.1. The summed E-state index contributed by atoms with van der Waals surface area (Å²) in [6, 6.07) is 0.523. The minimum absolute atomic E-state index is 0. The van der Waals surface area contributed by atoms with Crippen LogP contribution in [0.5, 0.6) is 0 Å². The molecular formula is C16H34IN3OS2. The summed E-state index contributed by atoms with van der Waals surface area (Å²) in [6.45, 7) is 11.8. The van der Waals surface area contributed by atoms with Crippen LogP contribution in [0.1, 0.15) is 53.9 Å². The van der Waals surface area contributed by atoms with E-state index in [1.807, 2.05) is 20.8 Å². The summed E-state index contributed by atoms with van der Waals surface area (Å²) in [5.74, 6) is 2.70. The van der Waals surface area contributed by atoms with Crippen molar-refractivity contribution >= 4 is 52.5 Å². The van der Waals surface area contributed by atoms with E-state index in [-0.39, 0.29) is 28.7 Å². The van der Waals surface area contributed by atoms with Gasteiger partial charge in [-0.15, -0.1) is 24.0 Å². The highest BCUT2D eigenvalue weighted by Crippen LogP contribution is 2.29. The Morgan fingerprint density at radius 2 is 2.00 bits per heavy atom. The highest BCUT2D eigenvalue weighted by atomic mass is 127. The maximum absolute atomic E-state index is 12.1. The molecule has 0 spiro atoms. The van der Waals surface area contributed by atoms with Gasteiger partial charge in [-0.3, -0.25) is 9.20 Å². The van der Waals surface area contributed by atoms with Gasteiger partial charge in [0, 0.05) is 39.1 Å². The van der Waals surface area contributed by atoms with Gasteiger partial charge >= 0.3 is 0 Å². The SMILES string of the molecule is CCNC(=NCCS(=O)C(C)(C)C)NC1CCC(SCC)C1.I. The summed E-state index contributed by atoms with van der Waals surface area (Å²) in [7, 11) is -0.836. The quantitative estimate of drug-likeness (QED) is 0.337. The molecule has 138 valence electrons. The molecule has 3 atom stereocenters. The van der Waals surface area contributed by atoms with Crippen molar-refractivity contribution < 1.29 is 4.21 Å². The summed E-state index contributed by atoms with van der Waals surface area (Å²) in [5, 5.41) is 7.64. The Hall–Kier alpha value is 0.500. The van der Waals surface area contributed by atoms with Crippen molar-refractivity contribution in [2.75, 3.05) is 24.6 Å². The third kappa shape index (κ3) is 9.53. The zero-order chi connectivity index (χ0) is 16.6. The van der Waals surface area contributed by atoms with E-state index in [9.17, 15) is 4.21 Å². The van der Waals surface area contributed by atoms with Gasteiger partial charge in [0.05, 0.1) is 6.54 Å². The van der Waals surface area contributed by atoms with Crippen LogP contribution in [0.15, 0.2) is 4.99 Å². The molecule has 0 aliphatic heterocycles. The summed E-state index contributed by atoms with van der Waals surface area (Å²) in [5.41, 5.74) is 0. The molecule has 0 amide bonds. The minimum Gasteiger partial charge on any atom is -0.357 e. The van der Waals surface area contributed by atoms with Crippen LogP contribution in [-0.2, 0) is 10.8 Å². The second-order valence-electron chi connectivity index (χ2n) is 6.65. The summed E-state index contributed by atoms with van der Waals surface area (Å²) in [4.78, 5) is 4.60. The number of nitrogens with zero attached hydrogens (tertiary/aromatic N) is 1. The molecule has 0 radical (unpaired) electrons. The van der Waals surface area contributed by atoms with E-state index < -0.39 is 10.8 Å². The van der Waals surface area contributed by atoms with E-state index in [0.717, 1.165) is 17.8 Å². The fourth-order valence-electron chi connectivity index (χ4n) is 2.52. The number of hydrogen-bond acceptors (Lipinski definition) is 3. The Bertz CT molecular complexity index is 386. The first-order valence-corrected chi connectivity index (χ1v) is 10.8. The van der Waals surface area contributed by atoms with E-state index in [2.05, 4.69) is 41.2 Å². The number of halogens is 1. The molecule has 2 N–H and O–H groups in total. The van der Waals surface area contributed by atoms with Crippen LogP contribution >= 0.6 is 35.7 Å². The highest BCUT2D eigenvalue weighted by Gasteiger charge is 2.25. The molecular weight excluding hydrogens is 441 g/mol. The zero-order valence-electron chi connectivity index (χ0n) is 15.2. The average Bonchev–Trinajstić information content (AvgIpc) is 2.85. The maximum atomic E-state index is 12.1. The van der Waals surface area contributed by atoms with E-state index in [4.69, 9.17) is 0 Å². The lowest BCUT2D eigenvalue weighted by Gasteiger charge is -2.19. The van der Waals surface area contributed by atoms with Crippen molar-refractivity contribution in [3.05, 3.63) is 0 Å². The van der Waals surface area contributed by atoms with Gasteiger partial charge in [0.2, 0.25) is 0 Å². The van der Waals surface area contributed by atoms with Crippen LogP contribution in [0.2, 0.25) is 0 Å². The van der Waals surface area contributed by atoms with Crippen molar-refractivity contribution in [1.82, 2.24) is 10.6 Å². The number of thioether (sulfide) groups is 1. The fraction of sp³-hybridized carbons (Fsp3) is 0.938. The van der Waals surface area contributed by atoms with Crippen LogP contribution in [0.3, 0.4) is 0 Å². The predicted octanol–water partition coefficient (Wildman–Crippen LogP) is 3.38. The largest absolute Gasteiger partial charge is 0.357 e. The average molecular weight is 476 g/mol. The molecule has 7 heteroatoms. The smallest absolute Gasteiger partial charge is 0.191 e. The van der Waals surface area contributed by atoms with Gasteiger partial charge in [0.25, 0.3) is 0 Å². The van der Waals surface area contributed by atoms with Gasteiger partial charge in [-0.05, 0) is 52.7 Å². The molecule has 0 aromatic carbocycles. The lowest BCUT2D eigenvalue weighted by molar-refractivity contribution is 0.615. The summed E-state index contributed by atoms with van der Waals surface area (Å²) in [6.07, 6.45) is 3.73. The van der Waals surface area contributed by atoms with E-state index >= 15 is 0 Å². The Morgan fingerprint density at radius 1 is 1.30 bits per heavy atom. The van der Waals surface area contributed by atoms with Crippen LogP contribution in [0, 0.1) is 0 Å². The molecule has 1 aliphatic rings. The molecule has 0 aromatic rings. The molecule has 4 nitrogen and oxygen atoms in total. The Kier molecular flexibility index (Phi) is 12.2. The molecule has 0 aromatic heterocycles. The fourth-order valence-corrected chi connectivity index (χ4v) is 4.53.